The summed E-state index contributed by atoms with van der Waals surface area (Å²) in [6.45, 7) is -0.264. The maximum absolute atomic E-state index is 9.77. The molecule has 2 aromatic rings. The van der Waals surface area contributed by atoms with E-state index in [1.54, 1.807) is 31.4 Å². The van der Waals surface area contributed by atoms with Crippen LogP contribution in [-0.2, 0) is 4.74 Å². The number of benzene rings is 2. The van der Waals surface area contributed by atoms with Crippen LogP contribution in [0.4, 0.5) is 0 Å². The SMILES string of the molecule is COc1cc(C(OC)C(CO)Oc2ccccc2OC)ccc1O. The zero-order valence-electron chi connectivity index (χ0n) is 13.9. The molecule has 2 atom stereocenters. The maximum atomic E-state index is 9.77. The van der Waals surface area contributed by atoms with Crippen molar-refractivity contribution < 1.29 is 29.2 Å². The van der Waals surface area contributed by atoms with Crippen LogP contribution in [0.15, 0.2) is 42.5 Å². The van der Waals surface area contributed by atoms with Gasteiger partial charge in [0.15, 0.2) is 29.1 Å². The number of phenolic OH excluding ortho intramolecular Hbond substituents is 1. The zero-order valence-corrected chi connectivity index (χ0v) is 13.9. The van der Waals surface area contributed by atoms with Crippen LogP contribution in [0, 0.1) is 0 Å². The van der Waals surface area contributed by atoms with Gasteiger partial charge in [0.1, 0.15) is 6.10 Å². The van der Waals surface area contributed by atoms with Gasteiger partial charge in [0.25, 0.3) is 0 Å². The highest BCUT2D eigenvalue weighted by atomic mass is 16.6. The minimum atomic E-state index is -0.666. The minimum Gasteiger partial charge on any atom is -0.504 e. The Morgan fingerprint density at radius 1 is 0.917 bits per heavy atom. The predicted octanol–water partition coefficient (Wildman–Crippen LogP) is 2.54. The van der Waals surface area contributed by atoms with Crippen LogP contribution in [0.2, 0.25) is 0 Å². The molecule has 0 aliphatic heterocycles. The molecule has 0 saturated heterocycles. The molecule has 130 valence electrons. The van der Waals surface area contributed by atoms with Gasteiger partial charge in [-0.15, -0.1) is 0 Å². The number of phenols is 1. The Bertz CT molecular complexity index is 658. The van der Waals surface area contributed by atoms with Crippen LogP contribution in [0.5, 0.6) is 23.0 Å². The molecule has 0 saturated carbocycles. The number of aliphatic hydroxyl groups excluding tert-OH is 1. The van der Waals surface area contributed by atoms with E-state index >= 15 is 0 Å². The summed E-state index contributed by atoms with van der Waals surface area (Å²) in [6, 6.07) is 12.0. The topological polar surface area (TPSA) is 77.4 Å². The van der Waals surface area contributed by atoms with Crippen molar-refractivity contribution in [2.24, 2.45) is 0 Å². The Labute approximate surface area is 141 Å². The van der Waals surface area contributed by atoms with E-state index in [9.17, 15) is 10.2 Å². The molecule has 2 N–H and O–H groups in total. The summed E-state index contributed by atoms with van der Waals surface area (Å²) < 4.78 is 21.8. The number of hydrogen-bond donors (Lipinski definition) is 2. The average Bonchev–Trinajstić information content (AvgIpc) is 2.62. The lowest BCUT2D eigenvalue weighted by atomic mass is 10.0. The monoisotopic (exact) mass is 334 g/mol. The summed E-state index contributed by atoms with van der Waals surface area (Å²) in [5.41, 5.74) is 0.709. The first-order valence-electron chi connectivity index (χ1n) is 7.44. The van der Waals surface area contributed by atoms with Gasteiger partial charge in [-0.05, 0) is 29.8 Å². The van der Waals surface area contributed by atoms with Gasteiger partial charge in [-0.3, -0.25) is 0 Å². The van der Waals surface area contributed by atoms with Gasteiger partial charge in [-0.2, -0.15) is 0 Å². The van der Waals surface area contributed by atoms with Crippen molar-refractivity contribution >= 4 is 0 Å². The molecule has 2 rings (SSSR count). The second-order valence-corrected chi connectivity index (χ2v) is 5.08. The van der Waals surface area contributed by atoms with E-state index in [2.05, 4.69) is 0 Å². The summed E-state index contributed by atoms with van der Waals surface area (Å²) in [5.74, 6) is 1.42. The minimum absolute atomic E-state index is 0.0299. The first kappa shape index (κ1) is 17.9. The quantitative estimate of drug-likeness (QED) is 0.772. The van der Waals surface area contributed by atoms with Gasteiger partial charge in [0.05, 0.1) is 20.8 Å². The second-order valence-electron chi connectivity index (χ2n) is 5.08. The number of methoxy groups -OCH3 is 3. The maximum Gasteiger partial charge on any atom is 0.161 e. The van der Waals surface area contributed by atoms with Crippen molar-refractivity contribution in [3.63, 3.8) is 0 Å². The van der Waals surface area contributed by atoms with Crippen LogP contribution in [0.25, 0.3) is 0 Å². The van der Waals surface area contributed by atoms with Gasteiger partial charge in [0, 0.05) is 7.11 Å². The largest absolute Gasteiger partial charge is 0.504 e. The number of aromatic hydroxyl groups is 1. The van der Waals surface area contributed by atoms with Crippen molar-refractivity contribution in [1.82, 2.24) is 0 Å². The molecular formula is C18H22O6. The predicted molar refractivity (Wildman–Crippen MR) is 88.9 cm³/mol. The first-order valence-corrected chi connectivity index (χ1v) is 7.44. The zero-order chi connectivity index (χ0) is 17.5. The Kier molecular flexibility index (Phi) is 6.28. The molecule has 6 nitrogen and oxygen atoms in total. The molecule has 2 aromatic carbocycles. The van der Waals surface area contributed by atoms with Crippen LogP contribution in [0.3, 0.4) is 0 Å². The van der Waals surface area contributed by atoms with E-state index < -0.39 is 12.2 Å². The van der Waals surface area contributed by atoms with Gasteiger partial charge >= 0.3 is 0 Å². The Morgan fingerprint density at radius 3 is 2.17 bits per heavy atom. The molecule has 0 aliphatic rings. The van der Waals surface area contributed by atoms with Gasteiger partial charge in [-0.1, -0.05) is 18.2 Å². The second kappa shape index (κ2) is 8.42. The molecule has 24 heavy (non-hydrogen) atoms. The molecule has 0 bridgehead atoms. The van der Waals surface area contributed by atoms with Crippen molar-refractivity contribution in [2.75, 3.05) is 27.9 Å². The lowest BCUT2D eigenvalue weighted by Crippen LogP contribution is -2.30. The number of para-hydroxylation sites is 2. The number of aliphatic hydroxyl groups is 1. The van der Waals surface area contributed by atoms with Gasteiger partial charge in [0.2, 0.25) is 0 Å². The van der Waals surface area contributed by atoms with Crippen LogP contribution >= 0.6 is 0 Å². The highest BCUT2D eigenvalue weighted by molar-refractivity contribution is 5.43. The lowest BCUT2D eigenvalue weighted by Gasteiger charge is -2.26. The van der Waals surface area contributed by atoms with E-state index in [1.165, 1.54) is 20.3 Å². The lowest BCUT2D eigenvalue weighted by molar-refractivity contribution is -0.0264. The molecule has 0 fully saturated rings. The standard InChI is InChI=1S/C18H22O6/c1-21-14-6-4-5-7-15(14)24-17(11-19)18(23-3)12-8-9-13(20)16(10-12)22-2/h4-10,17-20H,11H2,1-3H3. The molecule has 0 aliphatic carbocycles. The van der Waals surface area contributed by atoms with Crippen molar-refractivity contribution in [3.8, 4) is 23.0 Å². The molecule has 0 aromatic heterocycles. The van der Waals surface area contributed by atoms with Crippen molar-refractivity contribution in [3.05, 3.63) is 48.0 Å². The Hall–Kier alpha value is -2.44. The van der Waals surface area contributed by atoms with Crippen LogP contribution < -0.4 is 14.2 Å². The van der Waals surface area contributed by atoms with E-state index in [4.69, 9.17) is 18.9 Å². The van der Waals surface area contributed by atoms with Crippen LogP contribution in [0.1, 0.15) is 11.7 Å². The Morgan fingerprint density at radius 2 is 1.58 bits per heavy atom. The Balaban J connectivity index is 2.29. The third kappa shape index (κ3) is 3.90. The molecule has 2 unspecified atom stereocenters. The van der Waals surface area contributed by atoms with Crippen molar-refractivity contribution in [1.29, 1.82) is 0 Å². The third-order valence-electron chi connectivity index (χ3n) is 3.65. The fourth-order valence-electron chi connectivity index (χ4n) is 2.45. The van der Waals surface area contributed by atoms with Gasteiger partial charge < -0.3 is 29.2 Å². The molecule has 0 heterocycles. The molecule has 0 radical (unpaired) electrons. The molecular weight excluding hydrogens is 312 g/mol. The van der Waals surface area contributed by atoms with Crippen molar-refractivity contribution in [2.45, 2.75) is 12.2 Å². The molecule has 6 heteroatoms. The van der Waals surface area contributed by atoms with Crippen LogP contribution in [-0.4, -0.2) is 44.3 Å². The number of rotatable bonds is 8. The fourth-order valence-corrected chi connectivity index (χ4v) is 2.45. The normalized spacial score (nSPS) is 13.2. The highest BCUT2D eigenvalue weighted by Crippen LogP contribution is 2.34. The molecule has 0 amide bonds. The van der Waals surface area contributed by atoms with E-state index in [-0.39, 0.29) is 12.4 Å². The molecule has 0 spiro atoms. The van der Waals surface area contributed by atoms with E-state index in [1.807, 2.05) is 12.1 Å². The first-order chi connectivity index (χ1) is 11.6. The summed E-state index contributed by atoms with van der Waals surface area (Å²) in [4.78, 5) is 0. The summed E-state index contributed by atoms with van der Waals surface area (Å²) in [5, 5.41) is 19.5. The van der Waals surface area contributed by atoms with Gasteiger partial charge in [-0.25, -0.2) is 0 Å². The fraction of sp³-hybridized carbons (Fsp3) is 0.333. The highest BCUT2D eigenvalue weighted by Gasteiger charge is 2.26. The van der Waals surface area contributed by atoms with E-state index in [0.29, 0.717) is 22.8 Å². The smallest absolute Gasteiger partial charge is 0.161 e. The number of hydrogen-bond acceptors (Lipinski definition) is 6. The summed E-state index contributed by atoms with van der Waals surface area (Å²) >= 11 is 0. The third-order valence-corrected chi connectivity index (χ3v) is 3.65. The summed E-state index contributed by atoms with van der Waals surface area (Å²) in [7, 11) is 4.54. The number of ether oxygens (including phenoxy) is 4. The average molecular weight is 334 g/mol. The summed E-state index contributed by atoms with van der Waals surface area (Å²) in [6.07, 6.45) is -1.23. The van der Waals surface area contributed by atoms with E-state index in [0.717, 1.165) is 0 Å².